The minimum Gasteiger partial charge on any atom is -0.201 e. The third kappa shape index (κ3) is 3.17. The minimum absolute atomic E-state index is 0.882. The Bertz CT molecular complexity index is 536. The van der Waals surface area contributed by atoms with Crippen LogP contribution in [-0.4, -0.2) is 0 Å². The first kappa shape index (κ1) is 12.3. The molecule has 0 bridgehead atoms. The van der Waals surface area contributed by atoms with Crippen molar-refractivity contribution in [2.75, 3.05) is 0 Å². The highest BCUT2D eigenvalue weighted by atomic mass is 14.9. The molecule has 0 fully saturated rings. The van der Waals surface area contributed by atoms with Crippen LogP contribution in [0.25, 0.3) is 11.1 Å². The van der Waals surface area contributed by atoms with Crippen LogP contribution < -0.4 is 4.57 Å². The fourth-order valence-corrected chi connectivity index (χ4v) is 1.73. The lowest BCUT2D eigenvalue weighted by molar-refractivity contribution is -0.687. The van der Waals surface area contributed by atoms with Crippen molar-refractivity contribution >= 4 is 0 Å². The Labute approximate surface area is 109 Å². The van der Waals surface area contributed by atoms with Crippen LogP contribution in [-0.2, 0) is 6.54 Å². The van der Waals surface area contributed by atoms with Gasteiger partial charge in [0, 0.05) is 12.1 Å². The van der Waals surface area contributed by atoms with Gasteiger partial charge in [0.25, 0.3) is 0 Å². The highest BCUT2D eigenvalue weighted by molar-refractivity contribution is 5.61. The van der Waals surface area contributed by atoms with Crippen molar-refractivity contribution in [1.82, 2.24) is 0 Å². The summed E-state index contributed by atoms with van der Waals surface area (Å²) in [7, 11) is 0. The van der Waals surface area contributed by atoms with Crippen molar-refractivity contribution < 1.29 is 4.57 Å². The zero-order valence-corrected chi connectivity index (χ0v) is 10.7. The molecule has 18 heavy (non-hydrogen) atoms. The Morgan fingerprint density at radius 3 is 2.28 bits per heavy atom. The largest absolute Gasteiger partial charge is 0.201 e. The molecule has 1 nitrogen and oxygen atoms in total. The number of aromatic nitrogens is 1. The Morgan fingerprint density at radius 2 is 1.67 bits per heavy atom. The molecule has 0 amide bonds. The first-order chi connectivity index (χ1) is 8.79. The second-order valence-corrected chi connectivity index (χ2v) is 4.30. The van der Waals surface area contributed by atoms with E-state index in [9.17, 15) is 0 Å². The molecule has 0 saturated heterocycles. The molecule has 0 radical (unpaired) electrons. The molecule has 2 rings (SSSR count). The van der Waals surface area contributed by atoms with Gasteiger partial charge in [0.15, 0.2) is 18.9 Å². The van der Waals surface area contributed by atoms with Gasteiger partial charge >= 0.3 is 0 Å². The zero-order chi connectivity index (χ0) is 12.8. The Kier molecular flexibility index (Phi) is 4.08. The summed E-state index contributed by atoms with van der Waals surface area (Å²) in [5, 5.41) is 0. The van der Waals surface area contributed by atoms with Crippen molar-refractivity contribution in [1.29, 1.82) is 0 Å². The topological polar surface area (TPSA) is 3.88 Å². The molecule has 1 heteroatoms. The molecule has 0 aliphatic carbocycles. The summed E-state index contributed by atoms with van der Waals surface area (Å²) in [6.45, 7) is 6.69. The smallest absolute Gasteiger partial charge is 0.169 e. The maximum atomic E-state index is 3.75. The van der Waals surface area contributed by atoms with Gasteiger partial charge in [-0.15, -0.1) is 0 Å². The molecule has 0 unspecified atom stereocenters. The molecule has 1 aromatic carbocycles. The van der Waals surface area contributed by atoms with Crippen LogP contribution in [0, 0.1) is 0 Å². The molecule has 0 aliphatic heterocycles. The number of rotatable bonds is 4. The van der Waals surface area contributed by atoms with Crippen molar-refractivity contribution in [2.24, 2.45) is 0 Å². The summed E-state index contributed by atoms with van der Waals surface area (Å²) in [5.74, 6) is 0. The number of hydrogen-bond acceptors (Lipinski definition) is 0. The van der Waals surface area contributed by atoms with Crippen molar-refractivity contribution in [3.63, 3.8) is 0 Å². The Balaban J connectivity index is 2.13. The Hall–Kier alpha value is -2.15. The fraction of sp³-hybridized carbons (Fsp3) is 0.118. The van der Waals surface area contributed by atoms with Gasteiger partial charge in [0.1, 0.15) is 0 Å². The van der Waals surface area contributed by atoms with E-state index < -0.39 is 0 Å². The predicted molar refractivity (Wildman–Crippen MR) is 76.0 cm³/mol. The highest BCUT2D eigenvalue weighted by Gasteiger charge is 2.00. The van der Waals surface area contributed by atoms with Gasteiger partial charge in [-0.3, -0.25) is 0 Å². The summed E-state index contributed by atoms with van der Waals surface area (Å²) < 4.78 is 2.15. The summed E-state index contributed by atoms with van der Waals surface area (Å²) in [6, 6.07) is 14.7. The van der Waals surface area contributed by atoms with Gasteiger partial charge in [-0.25, -0.2) is 4.57 Å². The number of benzene rings is 1. The molecular weight excluding hydrogens is 218 g/mol. The average Bonchev–Trinajstić information content (AvgIpc) is 2.46. The molecule has 0 atom stereocenters. The van der Waals surface area contributed by atoms with E-state index >= 15 is 0 Å². The van der Waals surface area contributed by atoms with Crippen LogP contribution in [0.1, 0.15) is 6.92 Å². The summed E-state index contributed by atoms with van der Waals surface area (Å²) >= 11 is 0. The maximum absolute atomic E-state index is 3.75. The predicted octanol–water partition coefficient (Wildman–Crippen LogP) is 3.77. The van der Waals surface area contributed by atoms with Crippen LogP contribution in [0.4, 0.5) is 0 Å². The molecular formula is C17H18N+. The van der Waals surface area contributed by atoms with Crippen LogP contribution in [0.15, 0.2) is 79.2 Å². The first-order valence-corrected chi connectivity index (χ1v) is 6.13. The lowest BCUT2D eigenvalue weighted by atomic mass is 10.1. The first-order valence-electron chi connectivity index (χ1n) is 6.13. The second kappa shape index (κ2) is 5.97. The van der Waals surface area contributed by atoms with E-state index in [2.05, 4.69) is 72.9 Å². The van der Waals surface area contributed by atoms with Gasteiger partial charge < -0.3 is 0 Å². The standard InChI is InChI=1S/C17H18N/c1-3-15(2)9-12-18-13-10-17(11-14-18)16-7-5-4-6-8-16/h3-11,13-14H,1,12H2,2H3/q+1/b15-9+. The fourth-order valence-electron chi connectivity index (χ4n) is 1.73. The van der Waals surface area contributed by atoms with Gasteiger partial charge in [0.2, 0.25) is 0 Å². The SMILES string of the molecule is C=C/C(C)=C/C[n+]1ccc(-c2ccccc2)cc1. The van der Waals surface area contributed by atoms with Crippen LogP contribution in [0.3, 0.4) is 0 Å². The van der Waals surface area contributed by atoms with E-state index in [1.54, 1.807) is 0 Å². The van der Waals surface area contributed by atoms with E-state index in [0.717, 1.165) is 6.54 Å². The van der Waals surface area contributed by atoms with Gasteiger partial charge in [-0.1, -0.05) is 43.0 Å². The van der Waals surface area contributed by atoms with E-state index in [-0.39, 0.29) is 0 Å². The van der Waals surface area contributed by atoms with E-state index in [1.165, 1.54) is 16.7 Å². The van der Waals surface area contributed by atoms with Crippen molar-refractivity contribution in [3.05, 3.63) is 79.2 Å². The number of nitrogens with zero attached hydrogens (tertiary/aromatic N) is 1. The normalized spacial score (nSPS) is 11.3. The van der Waals surface area contributed by atoms with E-state index in [1.807, 2.05) is 12.1 Å². The summed E-state index contributed by atoms with van der Waals surface area (Å²) in [6.07, 6.45) is 8.25. The van der Waals surface area contributed by atoms with Gasteiger partial charge in [-0.05, 0) is 29.7 Å². The van der Waals surface area contributed by atoms with Crippen LogP contribution in [0.5, 0.6) is 0 Å². The molecule has 1 heterocycles. The number of hydrogen-bond donors (Lipinski definition) is 0. The zero-order valence-electron chi connectivity index (χ0n) is 10.7. The minimum atomic E-state index is 0.882. The lowest BCUT2D eigenvalue weighted by Gasteiger charge is -2.00. The molecule has 0 spiro atoms. The van der Waals surface area contributed by atoms with Crippen molar-refractivity contribution in [3.8, 4) is 11.1 Å². The number of allylic oxidation sites excluding steroid dienone is 3. The molecule has 2 aromatic rings. The molecule has 0 N–H and O–H groups in total. The van der Waals surface area contributed by atoms with Crippen LogP contribution >= 0.6 is 0 Å². The number of pyridine rings is 1. The van der Waals surface area contributed by atoms with Gasteiger partial charge in [-0.2, -0.15) is 0 Å². The molecule has 90 valence electrons. The third-order valence-corrected chi connectivity index (χ3v) is 2.94. The van der Waals surface area contributed by atoms with Crippen molar-refractivity contribution in [2.45, 2.75) is 13.5 Å². The molecule has 0 aliphatic rings. The molecule has 0 saturated carbocycles. The lowest BCUT2D eigenvalue weighted by Crippen LogP contribution is -2.31. The average molecular weight is 236 g/mol. The van der Waals surface area contributed by atoms with Crippen LogP contribution in [0.2, 0.25) is 0 Å². The Morgan fingerprint density at radius 1 is 1.06 bits per heavy atom. The second-order valence-electron chi connectivity index (χ2n) is 4.30. The quantitative estimate of drug-likeness (QED) is 0.562. The monoisotopic (exact) mass is 236 g/mol. The summed E-state index contributed by atoms with van der Waals surface area (Å²) in [5.41, 5.74) is 3.70. The third-order valence-electron chi connectivity index (χ3n) is 2.94. The molecule has 1 aromatic heterocycles. The van der Waals surface area contributed by atoms with E-state index in [0.29, 0.717) is 0 Å². The highest BCUT2D eigenvalue weighted by Crippen LogP contribution is 2.16. The summed E-state index contributed by atoms with van der Waals surface area (Å²) in [4.78, 5) is 0. The van der Waals surface area contributed by atoms with Gasteiger partial charge in [0.05, 0.1) is 0 Å². The maximum Gasteiger partial charge on any atom is 0.169 e. The van der Waals surface area contributed by atoms with E-state index in [4.69, 9.17) is 0 Å².